The molecule has 0 fully saturated rings. The summed E-state index contributed by atoms with van der Waals surface area (Å²) in [5.74, 6) is 0.886. The van der Waals surface area contributed by atoms with Gasteiger partial charge in [-0.3, -0.25) is 0 Å². The van der Waals surface area contributed by atoms with E-state index in [4.69, 9.17) is 0 Å². The highest BCUT2D eigenvalue weighted by Gasteiger charge is 2.14. The highest BCUT2D eigenvalue weighted by Crippen LogP contribution is 2.28. The van der Waals surface area contributed by atoms with Crippen molar-refractivity contribution in [3.63, 3.8) is 0 Å². The zero-order valence-electron chi connectivity index (χ0n) is 10.6. The van der Waals surface area contributed by atoms with Crippen molar-refractivity contribution in [1.82, 2.24) is 4.98 Å². The van der Waals surface area contributed by atoms with Crippen LogP contribution in [-0.4, -0.2) is 12.0 Å². The highest BCUT2D eigenvalue weighted by atomic mass is 32.1. The molecule has 0 amide bonds. The lowest BCUT2D eigenvalue weighted by Gasteiger charge is -2.16. The highest BCUT2D eigenvalue weighted by molar-refractivity contribution is 7.09. The van der Waals surface area contributed by atoms with Crippen LogP contribution in [0.3, 0.4) is 0 Å². The van der Waals surface area contributed by atoms with Crippen molar-refractivity contribution in [3.05, 3.63) is 52.2 Å². The van der Waals surface area contributed by atoms with Gasteiger partial charge in [-0.05, 0) is 17.5 Å². The van der Waals surface area contributed by atoms with Crippen molar-refractivity contribution in [2.45, 2.75) is 6.54 Å². The van der Waals surface area contributed by atoms with Gasteiger partial charge in [-0.1, -0.05) is 24.3 Å². The van der Waals surface area contributed by atoms with Gasteiger partial charge < -0.3 is 9.88 Å². The number of H-pyrrole nitrogens is 1. The molecule has 0 saturated carbocycles. The third kappa shape index (κ3) is 2.09. The van der Waals surface area contributed by atoms with E-state index in [-0.39, 0.29) is 0 Å². The van der Waals surface area contributed by atoms with Gasteiger partial charge in [-0.25, -0.2) is 0 Å². The lowest BCUT2D eigenvalue weighted by Crippen LogP contribution is -2.16. The second-order valence-corrected chi connectivity index (χ2v) is 5.47. The number of nitrogens with zero attached hydrogens (tertiary/aromatic N) is 2. The quantitative estimate of drug-likeness (QED) is 0.785. The number of aromatic amines is 1. The monoisotopic (exact) mass is 267 g/mol. The molecule has 94 valence electrons. The summed E-state index contributed by atoms with van der Waals surface area (Å²) in [6, 6.07) is 14.4. The summed E-state index contributed by atoms with van der Waals surface area (Å²) < 4.78 is 0. The molecule has 0 bridgehead atoms. The molecule has 0 spiro atoms. The Bertz CT molecular complexity index is 734. The Kier molecular flexibility index (Phi) is 2.98. The van der Waals surface area contributed by atoms with E-state index in [0.29, 0.717) is 0 Å². The predicted molar refractivity (Wildman–Crippen MR) is 79.4 cm³/mol. The number of hydrogen-bond donors (Lipinski definition) is 1. The van der Waals surface area contributed by atoms with Gasteiger partial charge in [0.2, 0.25) is 0 Å². The van der Waals surface area contributed by atoms with Crippen molar-refractivity contribution in [2.75, 3.05) is 11.9 Å². The fraction of sp³-hybridized carbons (Fsp3) is 0.133. The van der Waals surface area contributed by atoms with Crippen LogP contribution in [0.2, 0.25) is 0 Å². The topological polar surface area (TPSA) is 42.8 Å². The Hall–Kier alpha value is -2.25. The number of fused-ring (bicyclic) bond motifs is 1. The summed E-state index contributed by atoms with van der Waals surface area (Å²) in [7, 11) is 2.01. The van der Waals surface area contributed by atoms with Gasteiger partial charge in [0.15, 0.2) is 0 Å². The van der Waals surface area contributed by atoms with Crippen molar-refractivity contribution in [1.29, 1.82) is 5.26 Å². The Morgan fingerprint density at radius 3 is 2.84 bits per heavy atom. The van der Waals surface area contributed by atoms with Gasteiger partial charge >= 0.3 is 0 Å². The number of rotatable bonds is 3. The summed E-state index contributed by atoms with van der Waals surface area (Å²) in [6.45, 7) is 0.805. The molecule has 0 saturated heterocycles. The summed E-state index contributed by atoms with van der Waals surface area (Å²) in [5, 5.41) is 12.4. The fourth-order valence-corrected chi connectivity index (χ4v) is 3.00. The first kappa shape index (κ1) is 11.8. The second kappa shape index (κ2) is 4.79. The lowest BCUT2D eigenvalue weighted by molar-refractivity contribution is 0.920. The molecule has 2 heterocycles. The summed E-state index contributed by atoms with van der Waals surface area (Å²) in [6.07, 6.45) is 0. The third-order valence-electron chi connectivity index (χ3n) is 3.15. The molecular weight excluding hydrogens is 254 g/mol. The fourth-order valence-electron chi connectivity index (χ4n) is 2.24. The zero-order valence-corrected chi connectivity index (χ0v) is 11.4. The second-order valence-electron chi connectivity index (χ2n) is 4.44. The lowest BCUT2D eigenvalue weighted by atomic mass is 10.2. The molecule has 4 heteroatoms. The molecule has 0 radical (unpaired) electrons. The Morgan fingerprint density at radius 1 is 1.26 bits per heavy atom. The average Bonchev–Trinajstić information content (AvgIpc) is 3.04. The third-order valence-corrected chi connectivity index (χ3v) is 4.01. The van der Waals surface area contributed by atoms with Crippen LogP contribution in [0.25, 0.3) is 10.9 Å². The first-order valence-corrected chi connectivity index (χ1v) is 6.92. The molecular formula is C15H13N3S. The number of thiophene rings is 1. The minimum atomic E-state index is 0.717. The zero-order chi connectivity index (χ0) is 13.2. The van der Waals surface area contributed by atoms with Gasteiger partial charge in [0, 0.05) is 22.8 Å². The molecule has 19 heavy (non-hydrogen) atoms. The summed E-state index contributed by atoms with van der Waals surface area (Å²) >= 11 is 1.73. The molecule has 2 aromatic heterocycles. The average molecular weight is 267 g/mol. The molecule has 1 aromatic carbocycles. The van der Waals surface area contributed by atoms with E-state index in [2.05, 4.69) is 27.4 Å². The molecule has 1 N–H and O–H groups in total. The number of anilines is 1. The Balaban J connectivity index is 2.02. The maximum absolute atomic E-state index is 9.39. The van der Waals surface area contributed by atoms with Crippen LogP contribution in [0.1, 0.15) is 10.4 Å². The van der Waals surface area contributed by atoms with E-state index in [9.17, 15) is 5.26 Å². The summed E-state index contributed by atoms with van der Waals surface area (Å²) in [4.78, 5) is 6.71. The number of nitriles is 1. The minimum Gasteiger partial charge on any atom is -0.355 e. The first-order valence-electron chi connectivity index (χ1n) is 6.04. The Morgan fingerprint density at radius 2 is 2.11 bits per heavy atom. The van der Waals surface area contributed by atoms with E-state index < -0.39 is 0 Å². The Labute approximate surface area is 115 Å². The van der Waals surface area contributed by atoms with Crippen LogP contribution in [0.15, 0.2) is 41.8 Å². The van der Waals surface area contributed by atoms with Crippen LogP contribution < -0.4 is 4.90 Å². The van der Waals surface area contributed by atoms with Gasteiger partial charge in [-0.15, -0.1) is 11.3 Å². The molecule has 0 atom stereocenters. The van der Waals surface area contributed by atoms with Crippen molar-refractivity contribution in [3.8, 4) is 6.07 Å². The van der Waals surface area contributed by atoms with Gasteiger partial charge in [-0.2, -0.15) is 5.26 Å². The molecule has 0 aliphatic heterocycles. The van der Waals surface area contributed by atoms with Crippen LogP contribution in [0.5, 0.6) is 0 Å². The van der Waals surface area contributed by atoms with Crippen molar-refractivity contribution >= 4 is 28.1 Å². The number of aromatic nitrogens is 1. The molecule has 0 aliphatic carbocycles. The molecule has 0 unspecified atom stereocenters. The number of para-hydroxylation sites is 1. The van der Waals surface area contributed by atoms with E-state index in [0.717, 1.165) is 28.8 Å². The van der Waals surface area contributed by atoms with Crippen LogP contribution in [-0.2, 0) is 6.54 Å². The van der Waals surface area contributed by atoms with Crippen LogP contribution >= 0.6 is 11.3 Å². The van der Waals surface area contributed by atoms with E-state index >= 15 is 0 Å². The van der Waals surface area contributed by atoms with Crippen LogP contribution in [0, 0.1) is 11.3 Å². The van der Waals surface area contributed by atoms with Gasteiger partial charge in [0.05, 0.1) is 6.54 Å². The van der Waals surface area contributed by atoms with Crippen LogP contribution in [0.4, 0.5) is 5.82 Å². The number of nitrogens with one attached hydrogen (secondary N) is 1. The standard InChI is InChI=1S/C15H13N3S/c1-18(10-11-5-4-8-19-11)15-13(9-16)12-6-2-3-7-14(12)17-15/h2-8,17H,10H2,1H3. The maximum atomic E-state index is 9.39. The minimum absolute atomic E-state index is 0.717. The SMILES string of the molecule is CN(Cc1cccs1)c1[nH]c2ccccc2c1C#N. The van der Waals surface area contributed by atoms with Crippen molar-refractivity contribution < 1.29 is 0 Å². The summed E-state index contributed by atoms with van der Waals surface area (Å²) in [5.41, 5.74) is 1.72. The smallest absolute Gasteiger partial charge is 0.125 e. The van der Waals surface area contributed by atoms with Crippen molar-refractivity contribution in [2.24, 2.45) is 0 Å². The largest absolute Gasteiger partial charge is 0.355 e. The molecule has 0 aliphatic rings. The predicted octanol–water partition coefficient (Wildman–Crippen LogP) is 3.74. The van der Waals surface area contributed by atoms with E-state index in [1.54, 1.807) is 11.3 Å². The number of hydrogen-bond acceptors (Lipinski definition) is 3. The first-order chi connectivity index (χ1) is 9.29. The molecule has 3 rings (SSSR count). The molecule has 3 aromatic rings. The van der Waals surface area contributed by atoms with Gasteiger partial charge in [0.1, 0.15) is 17.5 Å². The van der Waals surface area contributed by atoms with E-state index in [1.807, 2.05) is 37.4 Å². The normalized spacial score (nSPS) is 10.5. The van der Waals surface area contributed by atoms with E-state index in [1.165, 1.54) is 4.88 Å². The molecule has 3 nitrogen and oxygen atoms in total. The van der Waals surface area contributed by atoms with Gasteiger partial charge in [0.25, 0.3) is 0 Å². The number of benzene rings is 1. The maximum Gasteiger partial charge on any atom is 0.125 e.